The number of aromatic hydroxyl groups is 1. The van der Waals surface area contributed by atoms with Crippen molar-refractivity contribution in [1.82, 2.24) is 0 Å². The maximum absolute atomic E-state index is 11.3. The quantitative estimate of drug-likeness (QED) is 0.479. The topological polar surface area (TPSA) is 41.8 Å². The molecular weight excluding hydrogens is 406 g/mol. The molecular formula is C30H43NO2. The number of hydrogen-bond donors (Lipinski definition) is 1. The molecule has 1 aromatic carbocycles. The molecule has 0 aliphatic heterocycles. The molecule has 0 saturated heterocycles. The average Bonchev–Trinajstić information content (AvgIpc) is 3.08. The molecule has 33 heavy (non-hydrogen) atoms. The van der Waals surface area contributed by atoms with Gasteiger partial charge in [0.2, 0.25) is 0 Å². The Hall–Kier alpha value is -1.51. The van der Waals surface area contributed by atoms with Gasteiger partial charge in [-0.1, -0.05) is 32.0 Å². The maximum Gasteiger partial charge on any atom is 0.119 e. The molecule has 2 bridgehead atoms. The molecule has 6 atom stereocenters. The van der Waals surface area contributed by atoms with Gasteiger partial charge >= 0.3 is 0 Å². The first-order valence-electron chi connectivity index (χ1n) is 13.8. The van der Waals surface area contributed by atoms with Crippen LogP contribution < -0.4 is 0 Å². The molecule has 3 heteroatoms. The number of benzene rings is 1. The molecule has 4 fully saturated rings. The third-order valence-electron chi connectivity index (χ3n) is 11.1. The van der Waals surface area contributed by atoms with Gasteiger partial charge in [0.15, 0.2) is 0 Å². The number of oxime groups is 1. The molecule has 6 rings (SSSR count). The molecule has 0 aromatic heterocycles. The van der Waals surface area contributed by atoms with Crippen molar-refractivity contribution in [3.05, 3.63) is 28.8 Å². The normalized spacial score (nSPS) is 45.3. The maximum atomic E-state index is 11.3. The van der Waals surface area contributed by atoms with E-state index >= 15 is 0 Å². The van der Waals surface area contributed by atoms with Crippen LogP contribution in [0.15, 0.2) is 17.3 Å². The van der Waals surface area contributed by atoms with E-state index in [-0.39, 0.29) is 10.8 Å². The zero-order valence-corrected chi connectivity index (χ0v) is 21.2. The first kappa shape index (κ1) is 22.0. The van der Waals surface area contributed by atoms with E-state index in [4.69, 9.17) is 4.84 Å². The van der Waals surface area contributed by atoms with E-state index in [1.165, 1.54) is 74.6 Å². The number of phenols is 1. The first-order valence-corrected chi connectivity index (χ1v) is 13.8. The van der Waals surface area contributed by atoms with Crippen molar-refractivity contribution in [2.75, 3.05) is 7.11 Å². The fourth-order valence-electron chi connectivity index (χ4n) is 9.95. The minimum absolute atomic E-state index is 0.134. The lowest BCUT2D eigenvalue weighted by Crippen LogP contribution is -2.43. The van der Waals surface area contributed by atoms with Crippen molar-refractivity contribution in [2.24, 2.45) is 40.2 Å². The Morgan fingerprint density at radius 3 is 2.48 bits per heavy atom. The fourth-order valence-corrected chi connectivity index (χ4v) is 9.95. The third-order valence-corrected chi connectivity index (χ3v) is 11.1. The lowest BCUT2D eigenvalue weighted by molar-refractivity contribution is 0.0865. The van der Waals surface area contributed by atoms with Crippen molar-refractivity contribution in [1.29, 1.82) is 0 Å². The van der Waals surface area contributed by atoms with Gasteiger partial charge in [0.05, 0.1) is 5.71 Å². The standard InChI is InChI=1S/C30H43NO2/c1-18-11-19-13-20(12-18)17-29(2,16-19)26-15-24-21(14-27(26)32)5-6-23-22(24)9-10-30(3)25(23)7-8-28(30)31-33-4/h14-15,18-20,22-23,25,32H,5-13,16-17H2,1-4H3/b31-28+/t18?,19?,20?,22?,23?,25?,29?,30-/m0/s1. The number of fused-ring (bicyclic) bond motifs is 7. The van der Waals surface area contributed by atoms with Crippen LogP contribution in [-0.4, -0.2) is 17.9 Å². The van der Waals surface area contributed by atoms with Crippen molar-refractivity contribution >= 4 is 5.71 Å². The minimum atomic E-state index is 0.134. The van der Waals surface area contributed by atoms with Gasteiger partial charge in [0.25, 0.3) is 0 Å². The van der Waals surface area contributed by atoms with Crippen molar-refractivity contribution in [3.63, 3.8) is 0 Å². The van der Waals surface area contributed by atoms with E-state index in [2.05, 4.69) is 38.1 Å². The van der Waals surface area contributed by atoms with Crippen LogP contribution in [0.2, 0.25) is 0 Å². The lowest BCUT2D eigenvalue weighted by atomic mass is 9.54. The van der Waals surface area contributed by atoms with Crippen LogP contribution in [-0.2, 0) is 16.7 Å². The molecule has 0 amide bonds. The molecule has 5 unspecified atom stereocenters. The molecule has 3 nitrogen and oxygen atoms in total. The summed E-state index contributed by atoms with van der Waals surface area (Å²) < 4.78 is 0. The van der Waals surface area contributed by atoms with E-state index in [0.29, 0.717) is 11.7 Å². The van der Waals surface area contributed by atoms with Crippen molar-refractivity contribution in [2.45, 2.75) is 103 Å². The molecule has 0 heterocycles. The highest BCUT2D eigenvalue weighted by Crippen LogP contribution is 2.61. The Bertz CT molecular complexity index is 948. The van der Waals surface area contributed by atoms with Gasteiger partial charge in [-0.25, -0.2) is 0 Å². The number of rotatable bonds is 2. The highest BCUT2D eigenvalue weighted by molar-refractivity contribution is 5.92. The predicted octanol–water partition coefficient (Wildman–Crippen LogP) is 7.35. The summed E-state index contributed by atoms with van der Waals surface area (Å²) in [6.07, 6.45) is 13.9. The van der Waals surface area contributed by atoms with Crippen LogP contribution in [0.5, 0.6) is 5.75 Å². The summed E-state index contributed by atoms with van der Waals surface area (Å²) >= 11 is 0. The molecule has 0 radical (unpaired) electrons. The van der Waals surface area contributed by atoms with E-state index in [1.54, 1.807) is 12.7 Å². The monoisotopic (exact) mass is 449 g/mol. The Balaban J connectivity index is 1.33. The summed E-state index contributed by atoms with van der Waals surface area (Å²) in [7, 11) is 1.70. The summed E-state index contributed by atoms with van der Waals surface area (Å²) in [5.41, 5.74) is 5.95. The SMILES string of the molecule is CO/N=C1\CCC2C3CCc4cc(O)c(C5(C)CC6CC(C)CC(C6)C5)cc4C3CC[C@]12C. The Morgan fingerprint density at radius 1 is 1.00 bits per heavy atom. The fraction of sp³-hybridized carbons (Fsp3) is 0.767. The van der Waals surface area contributed by atoms with Gasteiger partial charge in [-0.2, -0.15) is 0 Å². The number of nitrogens with zero attached hydrogens (tertiary/aromatic N) is 1. The summed E-state index contributed by atoms with van der Waals surface area (Å²) in [6.45, 7) is 7.37. The highest BCUT2D eigenvalue weighted by atomic mass is 16.6. The van der Waals surface area contributed by atoms with Gasteiger partial charge in [0.1, 0.15) is 12.9 Å². The van der Waals surface area contributed by atoms with Gasteiger partial charge in [0, 0.05) is 11.0 Å². The number of hydrogen-bond acceptors (Lipinski definition) is 3. The van der Waals surface area contributed by atoms with E-state index in [0.717, 1.165) is 42.4 Å². The largest absolute Gasteiger partial charge is 0.508 e. The lowest BCUT2D eigenvalue weighted by Gasteiger charge is -2.50. The van der Waals surface area contributed by atoms with Gasteiger partial charge in [-0.15, -0.1) is 0 Å². The summed E-state index contributed by atoms with van der Waals surface area (Å²) in [4.78, 5) is 5.24. The highest BCUT2D eigenvalue weighted by Gasteiger charge is 2.54. The van der Waals surface area contributed by atoms with Gasteiger partial charge in [-0.3, -0.25) is 0 Å². The molecule has 5 aliphatic carbocycles. The van der Waals surface area contributed by atoms with Crippen molar-refractivity contribution < 1.29 is 9.94 Å². The number of aryl methyl sites for hydroxylation is 1. The van der Waals surface area contributed by atoms with Crippen molar-refractivity contribution in [3.8, 4) is 5.75 Å². The Labute approximate surface area is 200 Å². The van der Waals surface area contributed by atoms with Crippen LogP contribution in [0, 0.1) is 35.0 Å². The Morgan fingerprint density at radius 2 is 1.76 bits per heavy atom. The van der Waals surface area contributed by atoms with Crippen LogP contribution in [0.3, 0.4) is 0 Å². The predicted molar refractivity (Wildman–Crippen MR) is 134 cm³/mol. The second-order valence-electron chi connectivity index (χ2n) is 13.2. The summed E-state index contributed by atoms with van der Waals surface area (Å²) in [5.74, 6) is 5.27. The van der Waals surface area contributed by atoms with Crippen LogP contribution in [0.4, 0.5) is 0 Å². The van der Waals surface area contributed by atoms with E-state index < -0.39 is 0 Å². The van der Waals surface area contributed by atoms with E-state index in [1.807, 2.05) is 0 Å². The summed E-state index contributed by atoms with van der Waals surface area (Å²) in [5, 5.41) is 15.7. The second-order valence-corrected chi connectivity index (χ2v) is 13.2. The van der Waals surface area contributed by atoms with Gasteiger partial charge in [-0.05, 0) is 129 Å². The third kappa shape index (κ3) is 3.39. The van der Waals surface area contributed by atoms with Gasteiger partial charge < -0.3 is 9.94 Å². The van der Waals surface area contributed by atoms with Crippen LogP contribution in [0.1, 0.15) is 108 Å². The minimum Gasteiger partial charge on any atom is -0.508 e. The van der Waals surface area contributed by atoms with Crippen LogP contribution >= 0.6 is 0 Å². The first-order chi connectivity index (χ1) is 15.8. The molecule has 1 N–H and O–H groups in total. The zero-order valence-electron chi connectivity index (χ0n) is 21.2. The zero-order chi connectivity index (χ0) is 23.0. The average molecular weight is 450 g/mol. The Kier molecular flexibility index (Phi) is 5.16. The molecule has 1 aromatic rings. The van der Waals surface area contributed by atoms with E-state index in [9.17, 15) is 5.11 Å². The molecule has 180 valence electrons. The molecule has 5 aliphatic rings. The second kappa shape index (κ2) is 7.75. The van der Waals surface area contributed by atoms with Crippen LogP contribution in [0.25, 0.3) is 0 Å². The smallest absolute Gasteiger partial charge is 0.119 e. The molecule has 0 spiro atoms. The molecule has 4 saturated carbocycles. The number of phenolic OH excluding ortho intramolecular Hbond substituents is 1. The summed E-state index contributed by atoms with van der Waals surface area (Å²) in [6, 6.07) is 4.69.